The Labute approximate surface area is 311 Å². The van der Waals surface area contributed by atoms with Gasteiger partial charge in [-0.25, -0.2) is 0 Å². The van der Waals surface area contributed by atoms with Crippen LogP contribution in [0.3, 0.4) is 0 Å². The van der Waals surface area contributed by atoms with Gasteiger partial charge in [0.2, 0.25) is 25.1 Å². The average molecular weight is 818 g/mol. The Morgan fingerprint density at radius 1 is 0.827 bits per heavy atom. The highest BCUT2D eigenvalue weighted by Gasteiger charge is 2.35. The molecule has 0 radical (unpaired) electrons. The van der Waals surface area contributed by atoms with Gasteiger partial charge in [-0.3, -0.25) is 28.5 Å². The van der Waals surface area contributed by atoms with Crippen molar-refractivity contribution in [3.8, 4) is 22.4 Å². The SMILES string of the molecule is NC(=O)[C@@H](CCC(=O)O)NC(=O)[C@@H](CCC(=O)O)NC(=O)[C@@H](Cc1cc(-c2ccc(-c3cccc(Cl)c3)cc2)no1)CP(=O)(O)c1ccc(Br)cc1. The van der Waals surface area contributed by atoms with Gasteiger partial charge in [-0.05, 0) is 60.4 Å². The molecule has 4 atom stereocenters. The van der Waals surface area contributed by atoms with E-state index in [9.17, 15) is 38.5 Å². The van der Waals surface area contributed by atoms with Crippen molar-refractivity contribution in [2.45, 2.75) is 44.2 Å². The van der Waals surface area contributed by atoms with Gasteiger partial charge in [-0.2, -0.15) is 0 Å². The first-order valence-corrected chi connectivity index (χ1v) is 18.9. The van der Waals surface area contributed by atoms with Crippen LogP contribution in [0.4, 0.5) is 0 Å². The maximum absolute atomic E-state index is 13.9. The highest BCUT2D eigenvalue weighted by Crippen LogP contribution is 2.42. The Balaban J connectivity index is 1.59. The maximum atomic E-state index is 13.9. The summed E-state index contributed by atoms with van der Waals surface area (Å²) in [4.78, 5) is 72.6. The van der Waals surface area contributed by atoms with Gasteiger partial charge >= 0.3 is 11.9 Å². The summed E-state index contributed by atoms with van der Waals surface area (Å²) in [6.45, 7) is 0. The molecule has 1 unspecified atom stereocenters. The number of hydrogen-bond acceptors (Lipinski definition) is 8. The van der Waals surface area contributed by atoms with E-state index in [1.165, 1.54) is 12.1 Å². The summed E-state index contributed by atoms with van der Waals surface area (Å²) in [6.07, 6.45) is -2.69. The zero-order valence-corrected chi connectivity index (χ0v) is 30.6. The van der Waals surface area contributed by atoms with Crippen LogP contribution >= 0.6 is 34.9 Å². The van der Waals surface area contributed by atoms with Gasteiger partial charge in [0, 0.05) is 51.9 Å². The number of nitrogens with zero attached hydrogens (tertiary/aromatic N) is 1. The topological polar surface area (TPSA) is 239 Å². The fraction of sp³-hybridized carbons (Fsp3) is 0.257. The third-order valence-corrected chi connectivity index (χ3v) is 10.8. The second kappa shape index (κ2) is 18.1. The van der Waals surface area contributed by atoms with E-state index >= 15 is 0 Å². The van der Waals surface area contributed by atoms with Crippen LogP contribution in [-0.2, 0) is 35.0 Å². The lowest BCUT2D eigenvalue weighted by Crippen LogP contribution is -2.54. The van der Waals surface area contributed by atoms with Crippen LogP contribution in [0, 0.1) is 5.92 Å². The molecule has 1 aromatic heterocycles. The molecule has 0 aliphatic rings. The maximum Gasteiger partial charge on any atom is 0.303 e. The molecule has 52 heavy (non-hydrogen) atoms. The molecular weight excluding hydrogens is 783 g/mol. The summed E-state index contributed by atoms with van der Waals surface area (Å²) in [7, 11) is -4.22. The molecule has 0 saturated heterocycles. The third kappa shape index (κ3) is 11.6. The standard InChI is InChI=1S/C35H35BrClN4O10P/c36-24-8-10-27(11-9-24)52(49,50)19-23(34(47)40-29(13-15-32(44)45)35(48)39-28(33(38)46)12-14-31(42)43)17-26-18-30(41-51-26)21-6-4-20(5-7-21)22-2-1-3-25(37)16-22/h1-11,16,18,23,28-29H,12-15,17,19H2,(H2,38,46)(H,39,48)(H,40,47)(H,42,43)(H,44,45)(H,49,50)/t23-,28+,29+/m0/s1. The third-order valence-electron chi connectivity index (χ3n) is 8.00. The molecule has 0 saturated carbocycles. The number of carboxylic acid groups (broad SMARTS) is 2. The van der Waals surface area contributed by atoms with Crippen LogP contribution in [0.15, 0.2) is 87.9 Å². The number of amides is 3. The lowest BCUT2D eigenvalue weighted by molar-refractivity contribution is -0.139. The summed E-state index contributed by atoms with van der Waals surface area (Å²) in [6, 6.07) is 19.4. The van der Waals surface area contributed by atoms with Gasteiger partial charge < -0.3 is 36.0 Å². The number of nitrogens with one attached hydrogen (secondary N) is 2. The normalized spacial score (nSPS) is 14.0. The van der Waals surface area contributed by atoms with Crippen LogP contribution in [0.1, 0.15) is 31.4 Å². The zero-order valence-electron chi connectivity index (χ0n) is 27.4. The molecule has 4 aromatic rings. The number of halogens is 2. The lowest BCUT2D eigenvalue weighted by Gasteiger charge is -2.24. The number of aliphatic carboxylic acids is 2. The van der Waals surface area contributed by atoms with E-state index in [2.05, 4.69) is 31.7 Å². The molecule has 4 rings (SSSR count). The van der Waals surface area contributed by atoms with Crippen molar-refractivity contribution in [1.29, 1.82) is 0 Å². The molecule has 0 aliphatic heterocycles. The van der Waals surface area contributed by atoms with Crippen molar-refractivity contribution >= 4 is 69.9 Å². The molecular formula is C35H35BrClN4O10P. The monoisotopic (exact) mass is 816 g/mol. The summed E-state index contributed by atoms with van der Waals surface area (Å²) in [5.74, 6) is -6.57. The second-order valence-corrected chi connectivity index (χ2v) is 15.6. The van der Waals surface area contributed by atoms with Crippen LogP contribution in [0.5, 0.6) is 0 Å². The van der Waals surface area contributed by atoms with Gasteiger partial charge in [0.25, 0.3) is 0 Å². The highest BCUT2D eigenvalue weighted by molar-refractivity contribution is 9.10. The molecule has 0 bridgehead atoms. The van der Waals surface area contributed by atoms with Crippen molar-refractivity contribution < 1.29 is 48.2 Å². The second-order valence-electron chi connectivity index (χ2n) is 11.9. The lowest BCUT2D eigenvalue weighted by atomic mass is 10.0. The van der Waals surface area contributed by atoms with Gasteiger partial charge in [-0.1, -0.05) is 69.1 Å². The number of primary amides is 1. The first-order valence-electron chi connectivity index (χ1n) is 15.8. The van der Waals surface area contributed by atoms with E-state index in [-0.39, 0.29) is 23.9 Å². The van der Waals surface area contributed by atoms with Crippen molar-refractivity contribution in [2.24, 2.45) is 11.7 Å². The number of hydrogen-bond donors (Lipinski definition) is 6. The summed E-state index contributed by atoms with van der Waals surface area (Å²) in [5.41, 5.74) is 8.26. The van der Waals surface area contributed by atoms with Gasteiger partial charge in [0.05, 0.1) is 5.92 Å². The van der Waals surface area contributed by atoms with Gasteiger partial charge in [0.15, 0.2) is 0 Å². The molecule has 274 valence electrons. The van der Waals surface area contributed by atoms with E-state index in [0.29, 0.717) is 20.8 Å². The van der Waals surface area contributed by atoms with Crippen LogP contribution in [-0.4, -0.2) is 68.2 Å². The number of aromatic nitrogens is 1. The average Bonchev–Trinajstić information content (AvgIpc) is 3.56. The molecule has 3 aromatic carbocycles. The Morgan fingerprint density at radius 2 is 1.42 bits per heavy atom. The van der Waals surface area contributed by atoms with Crippen LogP contribution < -0.4 is 21.7 Å². The molecule has 7 N–H and O–H groups in total. The quantitative estimate of drug-likeness (QED) is 0.0771. The van der Waals surface area contributed by atoms with E-state index in [1.807, 2.05) is 42.5 Å². The van der Waals surface area contributed by atoms with E-state index in [1.54, 1.807) is 24.3 Å². The smallest absolute Gasteiger partial charge is 0.303 e. The number of carboxylic acids is 2. The fourth-order valence-corrected chi connectivity index (χ4v) is 7.43. The van der Waals surface area contributed by atoms with E-state index < -0.39 is 80.5 Å². The predicted molar refractivity (Wildman–Crippen MR) is 195 cm³/mol. The number of carbonyl (C=O) groups excluding carboxylic acids is 3. The summed E-state index contributed by atoms with van der Waals surface area (Å²) >= 11 is 9.41. The highest BCUT2D eigenvalue weighted by atomic mass is 79.9. The minimum absolute atomic E-state index is 0.0643. The van der Waals surface area contributed by atoms with Crippen molar-refractivity contribution in [3.63, 3.8) is 0 Å². The largest absolute Gasteiger partial charge is 0.481 e. The van der Waals surface area contributed by atoms with Crippen LogP contribution in [0.25, 0.3) is 22.4 Å². The summed E-state index contributed by atoms with van der Waals surface area (Å²) < 4.78 is 19.9. The molecule has 0 spiro atoms. The number of nitrogens with two attached hydrogens (primary N) is 1. The molecule has 1 heterocycles. The fourth-order valence-electron chi connectivity index (χ4n) is 5.26. The first-order chi connectivity index (χ1) is 24.6. The first kappa shape index (κ1) is 40.0. The minimum atomic E-state index is -4.22. The minimum Gasteiger partial charge on any atom is -0.481 e. The van der Waals surface area contributed by atoms with Gasteiger partial charge in [0.1, 0.15) is 23.5 Å². The number of carbonyl (C=O) groups is 5. The number of benzene rings is 3. The Kier molecular flexibility index (Phi) is 13.9. The number of rotatable bonds is 18. The summed E-state index contributed by atoms with van der Waals surface area (Å²) in [5, 5.41) is 27.8. The predicted octanol–water partition coefficient (Wildman–Crippen LogP) is 4.36. The molecule has 17 heteroatoms. The Bertz CT molecular complexity index is 1970. The zero-order chi connectivity index (χ0) is 38.0. The molecule has 3 amide bonds. The van der Waals surface area contributed by atoms with E-state index in [0.717, 1.165) is 11.1 Å². The van der Waals surface area contributed by atoms with Crippen molar-refractivity contribution in [2.75, 3.05) is 6.16 Å². The van der Waals surface area contributed by atoms with Crippen molar-refractivity contribution in [1.82, 2.24) is 15.8 Å². The van der Waals surface area contributed by atoms with Gasteiger partial charge in [-0.15, -0.1) is 0 Å². The molecule has 0 fully saturated rings. The Morgan fingerprint density at radius 3 is 2.02 bits per heavy atom. The van der Waals surface area contributed by atoms with E-state index in [4.69, 9.17) is 27.0 Å². The van der Waals surface area contributed by atoms with Crippen molar-refractivity contribution in [3.05, 3.63) is 94.1 Å². The molecule has 14 nitrogen and oxygen atoms in total. The molecule has 0 aliphatic carbocycles. The van der Waals surface area contributed by atoms with Crippen LogP contribution in [0.2, 0.25) is 5.02 Å². The Hall–Kier alpha value is -4.82.